The Morgan fingerprint density at radius 2 is 1.90 bits per heavy atom. The van der Waals surface area contributed by atoms with E-state index in [1.54, 1.807) is 27.7 Å². The fourth-order valence-corrected chi connectivity index (χ4v) is 2.80. The van der Waals surface area contributed by atoms with Gasteiger partial charge in [0.25, 0.3) is 0 Å². The van der Waals surface area contributed by atoms with Crippen molar-refractivity contribution in [3.63, 3.8) is 0 Å². The van der Waals surface area contributed by atoms with Crippen LogP contribution in [0.4, 0.5) is 4.39 Å². The maximum absolute atomic E-state index is 13.5. The maximum atomic E-state index is 13.5. The number of aryl methyl sites for hydroxylation is 1. The Hall–Kier alpha value is -1.47. The molecular weight excluding hydrogens is 295 g/mol. The second-order valence-electron chi connectivity index (χ2n) is 5.97. The highest BCUT2D eigenvalue weighted by molar-refractivity contribution is 7.89. The molecule has 7 heteroatoms. The van der Waals surface area contributed by atoms with E-state index in [9.17, 15) is 17.6 Å². The third kappa shape index (κ3) is 4.78. The Kier molecular flexibility index (Phi) is 5.11. The topological polar surface area (TPSA) is 66.5 Å². The highest BCUT2D eigenvalue weighted by Crippen LogP contribution is 2.17. The first-order valence-electron chi connectivity index (χ1n) is 6.47. The van der Waals surface area contributed by atoms with Crippen molar-refractivity contribution in [1.29, 1.82) is 0 Å². The Bertz CT molecular complexity index is 636. The minimum absolute atomic E-state index is 0.170. The first kappa shape index (κ1) is 17.6. The van der Waals surface area contributed by atoms with Gasteiger partial charge in [0, 0.05) is 12.6 Å². The molecule has 0 fully saturated rings. The van der Waals surface area contributed by atoms with E-state index in [4.69, 9.17) is 0 Å². The second-order valence-corrected chi connectivity index (χ2v) is 8.02. The van der Waals surface area contributed by atoms with Gasteiger partial charge in [0.2, 0.25) is 15.9 Å². The number of carbonyl (C=O) groups is 1. The van der Waals surface area contributed by atoms with Crippen molar-refractivity contribution in [1.82, 2.24) is 9.62 Å². The minimum Gasteiger partial charge on any atom is -0.350 e. The average molecular weight is 316 g/mol. The standard InChI is InChI=1S/C14H21FN2O3S/c1-10-6-7-11(8-12(10)15)21(19,20)17(5)9-13(18)16-14(2,3)4/h6-8H,9H2,1-5H3,(H,16,18). The van der Waals surface area contributed by atoms with Gasteiger partial charge in [0.15, 0.2) is 0 Å². The zero-order valence-corrected chi connectivity index (χ0v) is 13.7. The summed E-state index contributed by atoms with van der Waals surface area (Å²) in [6.45, 7) is 6.62. The predicted molar refractivity (Wildman–Crippen MR) is 78.8 cm³/mol. The van der Waals surface area contributed by atoms with Crippen molar-refractivity contribution in [3.8, 4) is 0 Å². The number of likely N-dealkylation sites (N-methyl/N-ethyl adjacent to an activating group) is 1. The molecule has 1 aromatic carbocycles. The number of nitrogens with zero attached hydrogens (tertiary/aromatic N) is 1. The molecule has 0 spiro atoms. The summed E-state index contributed by atoms with van der Waals surface area (Å²) in [5.74, 6) is -1.01. The van der Waals surface area contributed by atoms with Gasteiger partial charge in [0.05, 0.1) is 11.4 Å². The molecule has 0 heterocycles. The molecule has 0 bridgehead atoms. The van der Waals surface area contributed by atoms with Gasteiger partial charge in [-0.15, -0.1) is 0 Å². The Balaban J connectivity index is 2.92. The Morgan fingerprint density at radius 1 is 1.33 bits per heavy atom. The monoisotopic (exact) mass is 316 g/mol. The molecule has 0 aliphatic carbocycles. The Labute approximate surface area is 125 Å². The number of carbonyl (C=O) groups excluding carboxylic acids is 1. The van der Waals surface area contributed by atoms with Crippen molar-refractivity contribution >= 4 is 15.9 Å². The van der Waals surface area contributed by atoms with E-state index in [-0.39, 0.29) is 11.4 Å². The number of sulfonamides is 1. The molecule has 118 valence electrons. The van der Waals surface area contributed by atoms with Gasteiger partial charge in [-0.1, -0.05) is 6.07 Å². The van der Waals surface area contributed by atoms with E-state index in [1.165, 1.54) is 19.2 Å². The van der Waals surface area contributed by atoms with Gasteiger partial charge in [0.1, 0.15) is 5.82 Å². The number of benzene rings is 1. The maximum Gasteiger partial charge on any atom is 0.243 e. The van der Waals surface area contributed by atoms with Crippen molar-refractivity contribution in [2.24, 2.45) is 0 Å². The third-order valence-corrected chi connectivity index (χ3v) is 4.53. The first-order valence-corrected chi connectivity index (χ1v) is 7.91. The summed E-state index contributed by atoms with van der Waals surface area (Å²) in [5, 5.41) is 2.67. The smallest absolute Gasteiger partial charge is 0.243 e. The molecule has 5 nitrogen and oxygen atoms in total. The second kappa shape index (κ2) is 6.11. The van der Waals surface area contributed by atoms with Crippen LogP contribution in [0.3, 0.4) is 0 Å². The number of hydrogen-bond acceptors (Lipinski definition) is 3. The van der Waals surface area contributed by atoms with E-state index in [0.717, 1.165) is 10.4 Å². The minimum atomic E-state index is -3.90. The normalized spacial score (nSPS) is 12.5. The molecule has 0 aromatic heterocycles. The van der Waals surface area contributed by atoms with Crippen molar-refractivity contribution in [3.05, 3.63) is 29.6 Å². The Morgan fingerprint density at radius 3 is 2.38 bits per heavy atom. The molecule has 0 unspecified atom stereocenters. The zero-order valence-electron chi connectivity index (χ0n) is 12.9. The molecule has 0 aliphatic rings. The van der Waals surface area contributed by atoms with Gasteiger partial charge < -0.3 is 5.32 Å². The van der Waals surface area contributed by atoms with Crippen LogP contribution in [0.15, 0.2) is 23.1 Å². The number of rotatable bonds is 4. The van der Waals surface area contributed by atoms with Crippen LogP contribution >= 0.6 is 0 Å². The van der Waals surface area contributed by atoms with E-state index >= 15 is 0 Å². The van der Waals surface area contributed by atoms with Gasteiger partial charge >= 0.3 is 0 Å². The summed E-state index contributed by atoms with van der Waals surface area (Å²) >= 11 is 0. The molecule has 21 heavy (non-hydrogen) atoms. The van der Waals surface area contributed by atoms with Crippen LogP contribution in [0.25, 0.3) is 0 Å². The average Bonchev–Trinajstić information content (AvgIpc) is 2.29. The summed E-state index contributed by atoms with van der Waals surface area (Å²) in [4.78, 5) is 11.6. The fourth-order valence-electron chi connectivity index (χ4n) is 1.66. The summed E-state index contributed by atoms with van der Waals surface area (Å²) < 4.78 is 38.9. The largest absolute Gasteiger partial charge is 0.350 e. The molecule has 1 aromatic rings. The fraction of sp³-hybridized carbons (Fsp3) is 0.500. The number of nitrogens with one attached hydrogen (secondary N) is 1. The zero-order chi connectivity index (χ0) is 16.4. The van der Waals surface area contributed by atoms with Crippen LogP contribution < -0.4 is 5.32 Å². The molecule has 1 N–H and O–H groups in total. The molecule has 0 saturated heterocycles. The lowest BCUT2D eigenvalue weighted by Gasteiger charge is -2.23. The van der Waals surface area contributed by atoms with Gasteiger partial charge in [-0.2, -0.15) is 4.31 Å². The lowest BCUT2D eigenvalue weighted by Crippen LogP contribution is -2.46. The lowest BCUT2D eigenvalue weighted by atomic mass is 10.1. The summed E-state index contributed by atoms with van der Waals surface area (Å²) in [6.07, 6.45) is 0. The van der Waals surface area contributed by atoms with Gasteiger partial charge in [-0.05, 0) is 45.4 Å². The quantitative estimate of drug-likeness (QED) is 0.919. The predicted octanol–water partition coefficient (Wildman–Crippen LogP) is 1.67. The highest BCUT2D eigenvalue weighted by Gasteiger charge is 2.25. The van der Waals surface area contributed by atoms with Crippen LogP contribution in [0.1, 0.15) is 26.3 Å². The summed E-state index contributed by atoms with van der Waals surface area (Å²) in [7, 11) is -2.61. The van der Waals surface area contributed by atoms with Crippen molar-refractivity contribution in [2.45, 2.75) is 38.1 Å². The SMILES string of the molecule is Cc1ccc(S(=O)(=O)N(C)CC(=O)NC(C)(C)C)cc1F. The van der Waals surface area contributed by atoms with Crippen molar-refractivity contribution < 1.29 is 17.6 Å². The number of hydrogen-bond donors (Lipinski definition) is 1. The van der Waals surface area contributed by atoms with E-state index in [1.807, 2.05) is 0 Å². The molecule has 0 aliphatic heterocycles. The first-order chi connectivity index (χ1) is 9.43. The lowest BCUT2D eigenvalue weighted by molar-refractivity contribution is -0.122. The van der Waals surface area contributed by atoms with E-state index in [2.05, 4.69) is 5.32 Å². The van der Waals surface area contributed by atoms with Crippen LogP contribution in [0.2, 0.25) is 0 Å². The van der Waals surface area contributed by atoms with Gasteiger partial charge in [-0.3, -0.25) is 4.79 Å². The van der Waals surface area contributed by atoms with Crippen LogP contribution in [-0.2, 0) is 14.8 Å². The highest BCUT2D eigenvalue weighted by atomic mass is 32.2. The van der Waals surface area contributed by atoms with Gasteiger partial charge in [-0.25, -0.2) is 12.8 Å². The summed E-state index contributed by atoms with van der Waals surface area (Å²) in [6, 6.07) is 3.68. The summed E-state index contributed by atoms with van der Waals surface area (Å²) in [5.41, 5.74) is -0.0837. The molecule has 1 rings (SSSR count). The number of amides is 1. The molecule has 0 saturated carbocycles. The van der Waals surface area contributed by atoms with Crippen LogP contribution in [0.5, 0.6) is 0 Å². The molecule has 0 atom stereocenters. The molecule has 0 radical (unpaired) electrons. The molecular formula is C14H21FN2O3S. The van der Waals surface area contributed by atoms with E-state index in [0.29, 0.717) is 5.56 Å². The number of halogens is 1. The van der Waals surface area contributed by atoms with Crippen molar-refractivity contribution in [2.75, 3.05) is 13.6 Å². The molecule has 1 amide bonds. The van der Waals surface area contributed by atoms with Crippen LogP contribution in [-0.4, -0.2) is 37.8 Å². The third-order valence-electron chi connectivity index (χ3n) is 2.73. The van der Waals surface area contributed by atoms with Crippen LogP contribution in [0, 0.1) is 12.7 Å². The van der Waals surface area contributed by atoms with E-state index < -0.39 is 27.3 Å².